The summed E-state index contributed by atoms with van der Waals surface area (Å²) < 4.78 is 48.1. The van der Waals surface area contributed by atoms with Gasteiger partial charge in [0.25, 0.3) is 11.6 Å². The van der Waals surface area contributed by atoms with Gasteiger partial charge in [0.15, 0.2) is 6.10 Å². The number of benzene rings is 2. The first kappa shape index (κ1) is 21.7. The molecule has 0 bridgehead atoms. The molecule has 0 aliphatic heterocycles. The van der Waals surface area contributed by atoms with E-state index in [1.807, 2.05) is 0 Å². The normalized spacial score (nSPS) is 12.0. The number of hydrogen-bond acceptors (Lipinski definition) is 6. The quantitative estimate of drug-likeness (QED) is 0.439. The fourth-order valence-corrected chi connectivity index (χ4v) is 2.24. The third kappa shape index (κ3) is 5.43. The summed E-state index contributed by atoms with van der Waals surface area (Å²) in [5.41, 5.74) is -1.57. The summed E-state index contributed by atoms with van der Waals surface area (Å²) in [6.45, 7) is 1.22. The highest BCUT2D eigenvalue weighted by Crippen LogP contribution is 2.30. The van der Waals surface area contributed by atoms with E-state index < -0.39 is 34.6 Å². The van der Waals surface area contributed by atoms with Crippen molar-refractivity contribution in [3.63, 3.8) is 0 Å². The average molecular weight is 412 g/mol. The monoisotopic (exact) mass is 412 g/mol. The molecule has 2 aromatic carbocycles. The van der Waals surface area contributed by atoms with Crippen LogP contribution in [0.4, 0.5) is 24.5 Å². The number of amides is 1. The number of carbonyl (C=O) groups excluding carboxylic acids is 2. The Morgan fingerprint density at radius 1 is 1.17 bits per heavy atom. The van der Waals surface area contributed by atoms with Gasteiger partial charge < -0.3 is 14.8 Å². The van der Waals surface area contributed by atoms with Crippen LogP contribution in [-0.2, 0) is 15.7 Å². The Morgan fingerprint density at radius 2 is 1.86 bits per heavy atom. The van der Waals surface area contributed by atoms with Crippen LogP contribution in [0.25, 0.3) is 0 Å². The maximum atomic E-state index is 12.7. The number of rotatable bonds is 6. The second-order valence-electron chi connectivity index (χ2n) is 5.76. The Hall–Kier alpha value is -3.63. The second kappa shape index (κ2) is 8.59. The molecule has 0 aliphatic carbocycles. The van der Waals surface area contributed by atoms with Gasteiger partial charge in [-0.1, -0.05) is 6.07 Å². The molecular formula is C18H15F3N2O6. The molecule has 2 aromatic rings. The number of ether oxygens (including phenoxy) is 2. The molecule has 154 valence electrons. The summed E-state index contributed by atoms with van der Waals surface area (Å²) in [5, 5.41) is 13.2. The molecule has 1 N–H and O–H groups in total. The summed E-state index contributed by atoms with van der Waals surface area (Å²) >= 11 is 0. The smallest absolute Gasteiger partial charge is 0.416 e. The number of nitrogens with zero attached hydrogens (tertiary/aromatic N) is 1. The highest BCUT2D eigenvalue weighted by atomic mass is 19.4. The van der Waals surface area contributed by atoms with Crippen LogP contribution < -0.4 is 10.1 Å². The number of anilines is 1. The number of carbonyl (C=O) groups is 2. The van der Waals surface area contributed by atoms with Crippen molar-refractivity contribution < 1.29 is 37.2 Å². The fourth-order valence-electron chi connectivity index (χ4n) is 2.24. The number of nitrogens with one attached hydrogen (secondary N) is 1. The summed E-state index contributed by atoms with van der Waals surface area (Å²) in [6.07, 6.45) is -6.00. The Labute approximate surface area is 162 Å². The van der Waals surface area contributed by atoms with Crippen molar-refractivity contribution >= 4 is 23.3 Å². The van der Waals surface area contributed by atoms with E-state index in [0.29, 0.717) is 6.07 Å². The Balaban J connectivity index is 2.10. The number of methoxy groups -OCH3 is 1. The van der Waals surface area contributed by atoms with Crippen LogP contribution in [0.1, 0.15) is 22.8 Å². The molecule has 0 heterocycles. The summed E-state index contributed by atoms with van der Waals surface area (Å²) in [4.78, 5) is 34.4. The Morgan fingerprint density at radius 3 is 2.45 bits per heavy atom. The first-order chi connectivity index (χ1) is 13.5. The zero-order chi connectivity index (χ0) is 21.8. The minimum atomic E-state index is -4.63. The van der Waals surface area contributed by atoms with Crippen molar-refractivity contribution in [2.75, 3.05) is 12.4 Å². The molecule has 0 aromatic heterocycles. The van der Waals surface area contributed by atoms with E-state index >= 15 is 0 Å². The molecule has 8 nitrogen and oxygen atoms in total. The van der Waals surface area contributed by atoms with Gasteiger partial charge in [-0.15, -0.1) is 0 Å². The maximum Gasteiger partial charge on any atom is 0.416 e. The van der Waals surface area contributed by atoms with E-state index in [1.54, 1.807) is 0 Å². The predicted octanol–water partition coefficient (Wildman–Crippen LogP) is 3.81. The lowest BCUT2D eigenvalue weighted by molar-refractivity contribution is -0.384. The minimum Gasteiger partial charge on any atom is -0.494 e. The third-order valence-corrected chi connectivity index (χ3v) is 3.73. The van der Waals surface area contributed by atoms with E-state index in [0.717, 1.165) is 30.3 Å². The van der Waals surface area contributed by atoms with Crippen LogP contribution in [0.3, 0.4) is 0 Å². The van der Waals surface area contributed by atoms with Crippen LogP contribution >= 0.6 is 0 Å². The lowest BCUT2D eigenvalue weighted by Gasteiger charge is -2.15. The molecule has 0 aliphatic rings. The third-order valence-electron chi connectivity index (χ3n) is 3.73. The average Bonchev–Trinajstić information content (AvgIpc) is 2.67. The molecule has 0 fully saturated rings. The van der Waals surface area contributed by atoms with E-state index in [4.69, 9.17) is 9.47 Å². The van der Waals surface area contributed by atoms with Crippen molar-refractivity contribution in [2.45, 2.75) is 19.2 Å². The van der Waals surface area contributed by atoms with Crippen molar-refractivity contribution in [3.05, 3.63) is 63.7 Å². The molecule has 0 saturated heterocycles. The van der Waals surface area contributed by atoms with Crippen molar-refractivity contribution in [2.24, 2.45) is 0 Å². The molecule has 0 radical (unpaired) electrons. The van der Waals surface area contributed by atoms with Gasteiger partial charge >= 0.3 is 12.1 Å². The predicted molar refractivity (Wildman–Crippen MR) is 94.6 cm³/mol. The van der Waals surface area contributed by atoms with Gasteiger partial charge in [0.05, 0.1) is 34.9 Å². The second-order valence-corrected chi connectivity index (χ2v) is 5.76. The van der Waals surface area contributed by atoms with Crippen LogP contribution in [-0.4, -0.2) is 30.0 Å². The number of alkyl halides is 3. The van der Waals surface area contributed by atoms with Gasteiger partial charge in [0, 0.05) is 6.07 Å². The van der Waals surface area contributed by atoms with Gasteiger partial charge in [-0.05, 0) is 31.2 Å². The lowest BCUT2D eigenvalue weighted by atomic mass is 10.1. The van der Waals surface area contributed by atoms with Gasteiger partial charge in [0.1, 0.15) is 5.75 Å². The van der Waals surface area contributed by atoms with Crippen LogP contribution in [0.5, 0.6) is 5.75 Å². The zero-order valence-electron chi connectivity index (χ0n) is 15.1. The first-order valence-electron chi connectivity index (χ1n) is 8.04. The number of esters is 1. The molecule has 11 heteroatoms. The van der Waals surface area contributed by atoms with E-state index in [-0.39, 0.29) is 22.7 Å². The SMILES string of the molecule is COc1cc([N+](=O)[O-])ccc1NC(=O)[C@@H](C)OC(=O)c1cccc(C(F)(F)F)c1. The van der Waals surface area contributed by atoms with Crippen LogP contribution in [0, 0.1) is 10.1 Å². The number of nitro benzene ring substituents is 1. The van der Waals surface area contributed by atoms with Crippen LogP contribution in [0.2, 0.25) is 0 Å². The highest BCUT2D eigenvalue weighted by Gasteiger charge is 2.31. The standard InChI is InChI=1S/C18H15F3N2O6/c1-10(29-17(25)11-4-3-5-12(8-11)18(19,20)21)16(24)22-14-7-6-13(23(26)27)9-15(14)28-2/h3-10H,1-2H3,(H,22,24)/t10-/m1/s1. The molecule has 0 saturated carbocycles. The first-order valence-corrected chi connectivity index (χ1v) is 8.04. The van der Waals surface area contributed by atoms with Gasteiger partial charge in [-0.25, -0.2) is 4.79 Å². The number of nitro groups is 1. The summed E-state index contributed by atoms with van der Waals surface area (Å²) in [6, 6.07) is 7.05. The summed E-state index contributed by atoms with van der Waals surface area (Å²) in [5.74, 6) is -1.92. The van der Waals surface area contributed by atoms with Crippen molar-refractivity contribution in [1.29, 1.82) is 0 Å². The molecule has 29 heavy (non-hydrogen) atoms. The zero-order valence-corrected chi connectivity index (χ0v) is 15.1. The molecule has 0 unspecified atom stereocenters. The van der Waals surface area contributed by atoms with Gasteiger partial charge in [0.2, 0.25) is 0 Å². The van der Waals surface area contributed by atoms with Gasteiger partial charge in [-0.3, -0.25) is 14.9 Å². The summed E-state index contributed by atoms with van der Waals surface area (Å²) in [7, 11) is 1.24. The van der Waals surface area contributed by atoms with Crippen LogP contribution in [0.15, 0.2) is 42.5 Å². The minimum absolute atomic E-state index is 0.00366. The number of non-ortho nitro benzene ring substituents is 1. The number of hydrogen-bond donors (Lipinski definition) is 1. The van der Waals surface area contributed by atoms with E-state index in [1.165, 1.54) is 20.1 Å². The Bertz CT molecular complexity index is 945. The molecule has 0 spiro atoms. The van der Waals surface area contributed by atoms with Gasteiger partial charge in [-0.2, -0.15) is 13.2 Å². The molecule has 2 rings (SSSR count). The van der Waals surface area contributed by atoms with E-state index in [9.17, 15) is 32.9 Å². The van der Waals surface area contributed by atoms with E-state index in [2.05, 4.69) is 5.32 Å². The van der Waals surface area contributed by atoms with Crippen molar-refractivity contribution in [3.8, 4) is 5.75 Å². The highest BCUT2D eigenvalue weighted by molar-refractivity contribution is 5.98. The maximum absolute atomic E-state index is 12.7. The van der Waals surface area contributed by atoms with Crippen molar-refractivity contribution in [1.82, 2.24) is 0 Å². The topological polar surface area (TPSA) is 108 Å². The lowest BCUT2D eigenvalue weighted by Crippen LogP contribution is -2.30. The molecular weight excluding hydrogens is 397 g/mol. The fraction of sp³-hybridized carbons (Fsp3) is 0.222. The largest absolute Gasteiger partial charge is 0.494 e. The number of halogens is 3. The molecule has 1 amide bonds. The Kier molecular flexibility index (Phi) is 6.42. The molecule has 1 atom stereocenters.